The summed E-state index contributed by atoms with van der Waals surface area (Å²) in [6.07, 6.45) is 3.45. The maximum atomic E-state index is 9.92. The van der Waals surface area contributed by atoms with Gasteiger partial charge in [-0.15, -0.1) is 0 Å². The number of allylic oxidation sites excluding steroid dienone is 2. The molecular weight excluding hydrogens is 322 g/mol. The van der Waals surface area contributed by atoms with Gasteiger partial charge in [0.15, 0.2) is 5.41 Å². The van der Waals surface area contributed by atoms with E-state index < -0.39 is 5.41 Å². The number of aryl methyl sites for hydroxylation is 1. The van der Waals surface area contributed by atoms with Gasteiger partial charge in [0.25, 0.3) is 0 Å². The predicted octanol–water partition coefficient (Wildman–Crippen LogP) is 2.51. The quantitative estimate of drug-likeness (QED) is 0.909. The van der Waals surface area contributed by atoms with Gasteiger partial charge in [-0.25, -0.2) is 0 Å². The minimum atomic E-state index is -1.46. The van der Waals surface area contributed by atoms with Crippen LogP contribution in [0, 0.1) is 51.2 Å². The predicted molar refractivity (Wildman–Crippen MR) is 97.8 cm³/mol. The van der Waals surface area contributed by atoms with E-state index >= 15 is 0 Å². The lowest BCUT2D eigenvalue weighted by Gasteiger charge is -2.45. The molecule has 0 radical (unpaired) electrons. The third-order valence-electron chi connectivity index (χ3n) is 5.61. The normalized spacial score (nSPS) is 24.6. The number of nitriles is 3. The van der Waals surface area contributed by atoms with E-state index in [0.717, 1.165) is 25.1 Å². The first-order valence-corrected chi connectivity index (χ1v) is 8.73. The maximum Gasteiger partial charge on any atom is 0.187 e. The molecule has 1 aliphatic carbocycles. The van der Waals surface area contributed by atoms with Gasteiger partial charge < -0.3 is 10.6 Å². The zero-order chi connectivity index (χ0) is 18.7. The molecular formula is C21H21N5. The molecule has 0 spiro atoms. The fraction of sp³-hybridized carbons (Fsp3) is 0.381. The highest BCUT2D eigenvalue weighted by atomic mass is 15.1. The highest BCUT2D eigenvalue weighted by Crippen LogP contribution is 2.50. The molecule has 2 aliphatic rings. The van der Waals surface area contributed by atoms with E-state index in [1.165, 1.54) is 5.56 Å². The summed E-state index contributed by atoms with van der Waals surface area (Å²) in [6.45, 7) is 1.46. The van der Waals surface area contributed by atoms with E-state index in [2.05, 4.69) is 23.1 Å². The highest BCUT2D eigenvalue weighted by Gasteiger charge is 2.53. The Labute approximate surface area is 154 Å². The van der Waals surface area contributed by atoms with Crippen LogP contribution < -0.4 is 5.73 Å². The lowest BCUT2D eigenvalue weighted by molar-refractivity contribution is 0.178. The summed E-state index contributed by atoms with van der Waals surface area (Å²) >= 11 is 0. The molecule has 1 heterocycles. The molecule has 0 bridgehead atoms. The number of fused-ring (bicyclic) bond motifs is 1. The van der Waals surface area contributed by atoms with Gasteiger partial charge in [-0.1, -0.05) is 36.4 Å². The van der Waals surface area contributed by atoms with Gasteiger partial charge in [0, 0.05) is 24.9 Å². The second-order valence-electron chi connectivity index (χ2n) is 7.05. The van der Waals surface area contributed by atoms with Gasteiger partial charge in [-0.3, -0.25) is 0 Å². The molecule has 2 N–H and O–H groups in total. The SMILES string of the molecule is CN1CC=C2C(C#N)=C(N)C(C#N)(C#N)[C@H](CCc3ccccc3)[C@H]2C1. The Balaban J connectivity index is 2.07. The number of hydrogen-bond donors (Lipinski definition) is 1. The van der Waals surface area contributed by atoms with Crippen molar-refractivity contribution >= 4 is 0 Å². The lowest BCUT2D eigenvalue weighted by Crippen LogP contribution is -2.48. The minimum absolute atomic E-state index is 0.0429. The molecule has 0 unspecified atom stereocenters. The number of hydrogen-bond acceptors (Lipinski definition) is 5. The smallest absolute Gasteiger partial charge is 0.187 e. The third-order valence-corrected chi connectivity index (χ3v) is 5.61. The first-order valence-electron chi connectivity index (χ1n) is 8.73. The average Bonchev–Trinajstić information content (AvgIpc) is 2.67. The van der Waals surface area contributed by atoms with Gasteiger partial charge >= 0.3 is 0 Å². The Morgan fingerprint density at radius 2 is 1.88 bits per heavy atom. The summed E-state index contributed by atoms with van der Waals surface area (Å²) in [4.78, 5) is 2.15. The Kier molecular flexibility index (Phi) is 4.81. The molecule has 26 heavy (non-hydrogen) atoms. The van der Waals surface area contributed by atoms with Crippen molar-refractivity contribution in [2.45, 2.75) is 12.8 Å². The van der Waals surface area contributed by atoms with Gasteiger partial charge in [0.1, 0.15) is 6.07 Å². The summed E-state index contributed by atoms with van der Waals surface area (Å²) in [6, 6.07) is 16.5. The van der Waals surface area contributed by atoms with Crippen LogP contribution >= 0.6 is 0 Å². The van der Waals surface area contributed by atoms with Crippen LogP contribution in [-0.2, 0) is 6.42 Å². The molecule has 1 aromatic carbocycles. The van der Waals surface area contributed by atoms with Crippen molar-refractivity contribution in [3.8, 4) is 18.2 Å². The van der Waals surface area contributed by atoms with Crippen molar-refractivity contribution < 1.29 is 0 Å². The molecule has 1 aromatic rings. The topological polar surface area (TPSA) is 101 Å². The van der Waals surface area contributed by atoms with Gasteiger partial charge in [-0.05, 0) is 31.0 Å². The van der Waals surface area contributed by atoms with Crippen LogP contribution in [0.5, 0.6) is 0 Å². The molecule has 0 saturated carbocycles. The summed E-state index contributed by atoms with van der Waals surface area (Å²) in [5.41, 5.74) is 7.30. The Hall–Kier alpha value is -3.07. The van der Waals surface area contributed by atoms with E-state index in [1.807, 2.05) is 43.5 Å². The summed E-state index contributed by atoms with van der Waals surface area (Å²) < 4.78 is 0. The molecule has 0 fully saturated rings. The summed E-state index contributed by atoms with van der Waals surface area (Å²) in [5, 5.41) is 29.5. The zero-order valence-electron chi connectivity index (χ0n) is 14.8. The summed E-state index contributed by atoms with van der Waals surface area (Å²) in [7, 11) is 2.01. The number of nitrogens with zero attached hydrogens (tertiary/aromatic N) is 4. The molecule has 1 aliphatic heterocycles. The second-order valence-corrected chi connectivity index (χ2v) is 7.05. The monoisotopic (exact) mass is 343 g/mol. The number of benzene rings is 1. The third kappa shape index (κ3) is 2.76. The molecule has 130 valence electrons. The minimum Gasteiger partial charge on any atom is -0.399 e. The van der Waals surface area contributed by atoms with Gasteiger partial charge in [-0.2, -0.15) is 15.8 Å². The van der Waals surface area contributed by atoms with Crippen LogP contribution in [0.25, 0.3) is 0 Å². The number of likely N-dealkylation sites (N-methyl/N-ethyl adjacent to an activating group) is 1. The van der Waals surface area contributed by atoms with Crippen LogP contribution in [-0.4, -0.2) is 25.0 Å². The first-order chi connectivity index (χ1) is 12.6. The standard InChI is InChI=1S/C21H21N5/c1-26-10-9-16-17(11-22)20(25)21(13-23,14-24)19(18(16)12-26)8-7-15-5-3-2-4-6-15/h2-6,9,18-19H,7-8,10,12,25H2,1H3/t18-,19+/m0/s1. The van der Waals surface area contributed by atoms with E-state index in [9.17, 15) is 15.8 Å². The first kappa shape index (κ1) is 17.7. The van der Waals surface area contributed by atoms with Crippen LogP contribution in [0.15, 0.2) is 53.3 Å². The van der Waals surface area contributed by atoms with Gasteiger partial charge in [0.05, 0.1) is 23.4 Å². The largest absolute Gasteiger partial charge is 0.399 e. The average molecular weight is 343 g/mol. The fourth-order valence-electron chi connectivity index (χ4n) is 4.22. The zero-order valence-corrected chi connectivity index (χ0v) is 14.8. The van der Waals surface area contributed by atoms with Crippen LogP contribution in [0.3, 0.4) is 0 Å². The van der Waals surface area contributed by atoms with Crippen molar-refractivity contribution in [2.24, 2.45) is 23.0 Å². The molecule has 5 nitrogen and oxygen atoms in total. The van der Waals surface area contributed by atoms with Crippen molar-refractivity contribution in [2.75, 3.05) is 20.1 Å². The lowest BCUT2D eigenvalue weighted by atomic mass is 9.58. The molecule has 0 amide bonds. The van der Waals surface area contributed by atoms with E-state index in [1.54, 1.807) is 0 Å². The van der Waals surface area contributed by atoms with Crippen molar-refractivity contribution in [3.05, 3.63) is 58.8 Å². The van der Waals surface area contributed by atoms with Crippen LogP contribution in [0.4, 0.5) is 0 Å². The fourth-order valence-corrected chi connectivity index (χ4v) is 4.22. The Morgan fingerprint density at radius 3 is 2.50 bits per heavy atom. The number of rotatable bonds is 3. The van der Waals surface area contributed by atoms with E-state index in [4.69, 9.17) is 5.73 Å². The Bertz CT molecular complexity index is 862. The number of nitrogens with two attached hydrogens (primary N) is 1. The molecule has 3 rings (SSSR count). The van der Waals surface area contributed by atoms with Crippen LogP contribution in [0.2, 0.25) is 0 Å². The van der Waals surface area contributed by atoms with Crippen LogP contribution in [0.1, 0.15) is 12.0 Å². The molecule has 2 atom stereocenters. The summed E-state index contributed by atoms with van der Waals surface area (Å²) in [5.74, 6) is -0.289. The molecule has 0 saturated heterocycles. The molecule has 0 aromatic heterocycles. The van der Waals surface area contributed by atoms with Crippen molar-refractivity contribution in [3.63, 3.8) is 0 Å². The highest BCUT2D eigenvalue weighted by molar-refractivity contribution is 5.56. The maximum absolute atomic E-state index is 9.92. The van der Waals surface area contributed by atoms with Gasteiger partial charge in [0.2, 0.25) is 0 Å². The van der Waals surface area contributed by atoms with E-state index in [0.29, 0.717) is 12.0 Å². The molecule has 5 heteroatoms. The van der Waals surface area contributed by atoms with Crippen molar-refractivity contribution in [1.82, 2.24) is 4.90 Å². The Morgan fingerprint density at radius 1 is 1.19 bits per heavy atom. The second kappa shape index (κ2) is 7.04. The van der Waals surface area contributed by atoms with Crippen molar-refractivity contribution in [1.29, 1.82) is 15.8 Å². The van der Waals surface area contributed by atoms with E-state index in [-0.39, 0.29) is 17.5 Å².